The Morgan fingerprint density at radius 3 is 2.62 bits per heavy atom. The second kappa shape index (κ2) is 12.8. The van der Waals surface area contributed by atoms with Crippen LogP contribution in [-0.4, -0.2) is 48.2 Å². The molecule has 0 aliphatic rings. The quantitative estimate of drug-likeness (QED) is 0.359. The molecule has 2 aromatic carbocycles. The van der Waals surface area contributed by atoms with Crippen LogP contribution < -0.4 is 16.4 Å². The average molecular weight is 484 g/mol. The summed E-state index contributed by atoms with van der Waals surface area (Å²) >= 11 is 6.17. The van der Waals surface area contributed by atoms with E-state index in [2.05, 4.69) is 15.6 Å². The minimum Gasteiger partial charge on any atom is -0.447 e. The number of carbonyl (C=O) groups is 2. The Hall–Kier alpha value is -3.36. The summed E-state index contributed by atoms with van der Waals surface area (Å²) in [4.78, 5) is 30.9. The molecule has 1 atom stereocenters. The van der Waals surface area contributed by atoms with Crippen molar-refractivity contribution in [3.05, 3.63) is 71.4 Å². The van der Waals surface area contributed by atoms with Crippen molar-refractivity contribution in [1.29, 1.82) is 0 Å². The van der Waals surface area contributed by atoms with Gasteiger partial charge in [-0.05, 0) is 42.5 Å². The van der Waals surface area contributed by atoms with Gasteiger partial charge >= 0.3 is 12.1 Å². The second-order valence-corrected chi connectivity index (χ2v) is 8.35. The lowest BCUT2D eigenvalue weighted by Crippen LogP contribution is -2.46. The van der Waals surface area contributed by atoms with Crippen molar-refractivity contribution >= 4 is 40.3 Å². The Balaban J connectivity index is 1.56. The Morgan fingerprint density at radius 1 is 1.12 bits per heavy atom. The number of nitrogens with zero attached hydrogens (tertiary/aromatic N) is 2. The molecule has 3 rings (SSSR count). The van der Waals surface area contributed by atoms with Crippen LogP contribution in [0.2, 0.25) is 5.02 Å². The van der Waals surface area contributed by atoms with Crippen molar-refractivity contribution in [2.75, 3.05) is 25.5 Å². The molecule has 0 spiro atoms. The topological polar surface area (TPSA) is 110 Å². The van der Waals surface area contributed by atoms with Crippen LogP contribution in [0.5, 0.6) is 0 Å². The molecule has 0 fully saturated rings. The number of nitrogens with two attached hydrogens (primary N) is 1. The standard InChI is InChI=1S/C25H30ClN5O3/c1-31(24(32)29-16-20-10-4-5-12-22(20)26)21(11-6-7-13-27)17-34-25(33)30-23-14-18-8-2-3-9-19(18)15-28-23/h2-5,8-10,12,14-15,21H,6-7,11,13,16-17,27H2,1H3,(H,29,32)(H,28,30,33)/t21-/m0/s1. The number of ether oxygens (including phenoxy) is 1. The number of pyridine rings is 1. The number of carbonyl (C=O) groups excluding carboxylic acids is 2. The normalized spacial score (nSPS) is 11.6. The number of fused-ring (bicyclic) bond motifs is 1. The van der Waals surface area contributed by atoms with E-state index in [0.717, 1.165) is 29.2 Å². The Labute approximate surface area is 204 Å². The van der Waals surface area contributed by atoms with Crippen molar-refractivity contribution in [2.24, 2.45) is 5.73 Å². The van der Waals surface area contributed by atoms with Gasteiger partial charge in [-0.1, -0.05) is 60.5 Å². The number of benzene rings is 2. The Kier molecular flexibility index (Phi) is 9.49. The molecule has 0 aliphatic heterocycles. The zero-order valence-corrected chi connectivity index (χ0v) is 19.9. The maximum Gasteiger partial charge on any atom is 0.412 e. The van der Waals surface area contributed by atoms with E-state index in [1.54, 1.807) is 30.3 Å². The highest BCUT2D eigenvalue weighted by Crippen LogP contribution is 2.17. The van der Waals surface area contributed by atoms with E-state index in [0.29, 0.717) is 30.4 Å². The van der Waals surface area contributed by atoms with Gasteiger partial charge in [0.25, 0.3) is 0 Å². The SMILES string of the molecule is CN(C(=O)NCc1ccccc1Cl)[C@@H](CCCCN)COC(=O)Nc1cc2ccccc2cn1. The van der Waals surface area contributed by atoms with Crippen molar-refractivity contribution in [1.82, 2.24) is 15.2 Å². The predicted octanol–water partition coefficient (Wildman–Crippen LogP) is 4.78. The molecule has 0 aliphatic carbocycles. The summed E-state index contributed by atoms with van der Waals surface area (Å²) in [6, 6.07) is 16.3. The fourth-order valence-corrected chi connectivity index (χ4v) is 3.68. The van der Waals surface area contributed by atoms with Crippen LogP contribution in [-0.2, 0) is 11.3 Å². The lowest BCUT2D eigenvalue weighted by molar-refractivity contribution is 0.113. The van der Waals surface area contributed by atoms with E-state index in [-0.39, 0.29) is 18.7 Å². The number of rotatable bonds is 10. The minimum absolute atomic E-state index is 0.0417. The number of nitrogens with one attached hydrogen (secondary N) is 2. The van der Waals surface area contributed by atoms with Crippen LogP contribution in [0.1, 0.15) is 24.8 Å². The highest BCUT2D eigenvalue weighted by Gasteiger charge is 2.22. The summed E-state index contributed by atoms with van der Waals surface area (Å²) in [6.45, 7) is 0.900. The summed E-state index contributed by atoms with van der Waals surface area (Å²) < 4.78 is 5.44. The van der Waals surface area contributed by atoms with Crippen LogP contribution >= 0.6 is 11.6 Å². The van der Waals surface area contributed by atoms with E-state index >= 15 is 0 Å². The van der Waals surface area contributed by atoms with Gasteiger partial charge in [0.15, 0.2) is 0 Å². The number of hydrogen-bond acceptors (Lipinski definition) is 5. The first kappa shape index (κ1) is 25.3. The Morgan fingerprint density at radius 2 is 1.85 bits per heavy atom. The van der Waals surface area contributed by atoms with E-state index in [1.807, 2.05) is 42.5 Å². The zero-order chi connectivity index (χ0) is 24.3. The number of unbranched alkanes of at least 4 members (excludes halogenated alkanes) is 1. The van der Waals surface area contributed by atoms with Crippen LogP contribution in [0.15, 0.2) is 60.8 Å². The molecule has 0 radical (unpaired) electrons. The number of urea groups is 1. The number of halogens is 1. The van der Waals surface area contributed by atoms with Crippen molar-refractivity contribution in [3.8, 4) is 0 Å². The van der Waals surface area contributed by atoms with Crippen LogP contribution in [0, 0.1) is 0 Å². The summed E-state index contributed by atoms with van der Waals surface area (Å²) in [6.07, 6.45) is 3.34. The van der Waals surface area contributed by atoms with Gasteiger partial charge < -0.3 is 20.7 Å². The average Bonchev–Trinajstić information content (AvgIpc) is 2.85. The van der Waals surface area contributed by atoms with Gasteiger partial charge in [-0.2, -0.15) is 0 Å². The fraction of sp³-hybridized carbons (Fsp3) is 0.320. The highest BCUT2D eigenvalue weighted by atomic mass is 35.5. The molecule has 8 nitrogen and oxygen atoms in total. The highest BCUT2D eigenvalue weighted by molar-refractivity contribution is 6.31. The molecule has 0 saturated carbocycles. The van der Waals surface area contributed by atoms with Gasteiger partial charge in [-0.3, -0.25) is 5.32 Å². The first-order valence-corrected chi connectivity index (χ1v) is 11.6. The van der Waals surface area contributed by atoms with Gasteiger partial charge in [0.05, 0.1) is 6.04 Å². The van der Waals surface area contributed by atoms with E-state index in [4.69, 9.17) is 22.1 Å². The van der Waals surface area contributed by atoms with Crippen molar-refractivity contribution in [2.45, 2.75) is 31.8 Å². The molecule has 180 valence electrons. The monoisotopic (exact) mass is 483 g/mol. The molecular formula is C25H30ClN5O3. The number of aromatic nitrogens is 1. The third-order valence-corrected chi connectivity index (χ3v) is 5.88. The van der Waals surface area contributed by atoms with Gasteiger partial charge in [0.1, 0.15) is 12.4 Å². The van der Waals surface area contributed by atoms with Crippen LogP contribution in [0.4, 0.5) is 15.4 Å². The molecule has 0 saturated heterocycles. The minimum atomic E-state index is -0.628. The lowest BCUT2D eigenvalue weighted by Gasteiger charge is -2.28. The third kappa shape index (κ3) is 7.33. The van der Waals surface area contributed by atoms with E-state index in [1.165, 1.54) is 0 Å². The number of amides is 3. The molecule has 0 bridgehead atoms. The molecule has 1 aromatic heterocycles. The first-order valence-electron chi connectivity index (χ1n) is 11.2. The lowest BCUT2D eigenvalue weighted by atomic mass is 10.1. The largest absolute Gasteiger partial charge is 0.447 e. The predicted molar refractivity (Wildman–Crippen MR) is 135 cm³/mol. The van der Waals surface area contributed by atoms with Crippen LogP contribution in [0.3, 0.4) is 0 Å². The Bertz CT molecular complexity index is 1110. The van der Waals surface area contributed by atoms with Gasteiger partial charge in [0.2, 0.25) is 0 Å². The molecule has 3 aromatic rings. The molecule has 34 heavy (non-hydrogen) atoms. The maximum atomic E-state index is 12.7. The molecule has 3 amide bonds. The zero-order valence-electron chi connectivity index (χ0n) is 19.2. The van der Waals surface area contributed by atoms with Gasteiger partial charge in [-0.25, -0.2) is 14.6 Å². The number of likely N-dealkylation sites (N-methyl/N-ethyl adjacent to an activating group) is 1. The third-order valence-electron chi connectivity index (χ3n) is 5.52. The fourth-order valence-electron chi connectivity index (χ4n) is 3.48. The molecule has 4 N–H and O–H groups in total. The molecule has 1 heterocycles. The second-order valence-electron chi connectivity index (χ2n) is 7.94. The number of hydrogen-bond donors (Lipinski definition) is 3. The summed E-state index contributed by atoms with van der Waals surface area (Å²) in [5.74, 6) is 0.397. The molecular weight excluding hydrogens is 454 g/mol. The van der Waals surface area contributed by atoms with Gasteiger partial charge in [-0.15, -0.1) is 0 Å². The van der Waals surface area contributed by atoms with Gasteiger partial charge in [0, 0.05) is 30.2 Å². The maximum absolute atomic E-state index is 12.7. The van der Waals surface area contributed by atoms with Crippen molar-refractivity contribution < 1.29 is 14.3 Å². The first-order chi connectivity index (χ1) is 16.5. The molecule has 9 heteroatoms. The van der Waals surface area contributed by atoms with Crippen molar-refractivity contribution in [3.63, 3.8) is 0 Å². The number of anilines is 1. The smallest absolute Gasteiger partial charge is 0.412 e. The molecule has 0 unspecified atom stereocenters. The summed E-state index contributed by atoms with van der Waals surface area (Å²) in [7, 11) is 1.68. The van der Waals surface area contributed by atoms with E-state index in [9.17, 15) is 9.59 Å². The van der Waals surface area contributed by atoms with Crippen LogP contribution in [0.25, 0.3) is 10.8 Å². The summed E-state index contributed by atoms with van der Waals surface area (Å²) in [5, 5.41) is 8.05. The summed E-state index contributed by atoms with van der Waals surface area (Å²) in [5.41, 5.74) is 6.44. The van der Waals surface area contributed by atoms with E-state index < -0.39 is 6.09 Å².